The summed E-state index contributed by atoms with van der Waals surface area (Å²) in [6.45, 7) is 5.60. The summed E-state index contributed by atoms with van der Waals surface area (Å²) in [6.07, 6.45) is 0. The molecule has 0 nitrogen and oxygen atoms in total. The van der Waals surface area contributed by atoms with Crippen LogP contribution in [0.1, 0.15) is 6.92 Å². The van der Waals surface area contributed by atoms with E-state index in [4.69, 9.17) is 22.2 Å². The Hall–Kier alpha value is 0.537. The first kappa shape index (κ1) is 7.54. The molecule has 0 fully saturated rings. The molecule has 0 heterocycles. The molecule has 0 aromatic carbocycles. The van der Waals surface area contributed by atoms with E-state index >= 15 is 0 Å². The minimum Gasteiger partial charge on any atom is -0.150 e. The Kier molecular flexibility index (Phi) is 3.80. The van der Waals surface area contributed by atoms with Crippen molar-refractivity contribution in [2.24, 2.45) is 0 Å². The van der Waals surface area contributed by atoms with E-state index in [1.165, 1.54) is 0 Å². The maximum absolute atomic E-state index is 5.52. The molecule has 0 amide bonds. The predicted molar refractivity (Wildman–Crippen MR) is 38.5 cm³/mol. The molecule has 0 spiro atoms. The Morgan fingerprint density at radius 2 is 2.14 bits per heavy atom. The lowest BCUT2D eigenvalue weighted by Gasteiger charge is -1.93. The van der Waals surface area contributed by atoms with Gasteiger partial charge in [0.2, 0.25) is 7.42 Å². The summed E-state index contributed by atoms with van der Waals surface area (Å²) in [5.41, 5.74) is 1.08. The predicted octanol–water partition coefficient (Wildman–Crippen LogP) is 2.26. The minimum absolute atomic E-state index is 0.836. The molecule has 0 atom stereocenters. The molecule has 3 heteroatoms. The molecule has 0 aliphatic carbocycles. The summed E-state index contributed by atoms with van der Waals surface area (Å²) in [5, 5.41) is 0. The summed E-state index contributed by atoms with van der Waals surface area (Å²) in [5.74, 6) is 0. The smallest absolute Gasteiger partial charge is 0.150 e. The molecule has 0 aliphatic heterocycles. The van der Waals surface area contributed by atoms with Crippen molar-refractivity contribution in [3.8, 4) is 0 Å². The topological polar surface area (TPSA) is 0 Å². The van der Waals surface area contributed by atoms with Crippen molar-refractivity contribution in [1.82, 2.24) is 0 Å². The molecule has 0 aliphatic rings. The van der Waals surface area contributed by atoms with Gasteiger partial charge in [-0.1, -0.05) is 5.57 Å². The van der Waals surface area contributed by atoms with Crippen LogP contribution in [-0.2, 0) is 0 Å². The third kappa shape index (κ3) is 6.54. The highest BCUT2D eigenvalue weighted by Gasteiger charge is 1.99. The molecule has 0 radical (unpaired) electrons. The third-order valence-electron chi connectivity index (χ3n) is 0.503. The quantitative estimate of drug-likeness (QED) is 0.326. The maximum Gasteiger partial charge on any atom is 0.240 e. The first-order chi connectivity index (χ1) is 3.13. The summed E-state index contributed by atoms with van der Waals surface area (Å²) >= 11 is 11.0. The molecule has 0 N–H and O–H groups in total. The van der Waals surface area contributed by atoms with E-state index in [0.29, 0.717) is 0 Å². The molecule has 0 rings (SSSR count). The van der Waals surface area contributed by atoms with Crippen molar-refractivity contribution >= 4 is 29.6 Å². The van der Waals surface area contributed by atoms with E-state index in [0.717, 1.165) is 11.6 Å². The Morgan fingerprint density at radius 3 is 2.14 bits per heavy atom. The second-order valence-electron chi connectivity index (χ2n) is 1.55. The van der Waals surface area contributed by atoms with Crippen LogP contribution in [0.4, 0.5) is 0 Å². The highest BCUT2D eigenvalue weighted by atomic mass is 35.7. The van der Waals surface area contributed by atoms with Gasteiger partial charge in [-0.3, -0.25) is 0 Å². The van der Waals surface area contributed by atoms with Gasteiger partial charge in [-0.25, -0.2) is 0 Å². The van der Waals surface area contributed by atoms with E-state index in [1.54, 1.807) is 0 Å². The number of halogens is 2. The molecular formula is C4H8Cl2Si. The monoisotopic (exact) mass is 154 g/mol. The fraction of sp³-hybridized carbons (Fsp3) is 0.500. The Bertz CT molecular complexity index is 70.1. The van der Waals surface area contributed by atoms with Crippen LogP contribution < -0.4 is 0 Å². The maximum atomic E-state index is 5.52. The Labute approximate surface area is 55.1 Å². The van der Waals surface area contributed by atoms with Gasteiger partial charge in [0.1, 0.15) is 0 Å². The van der Waals surface area contributed by atoms with Gasteiger partial charge in [0.15, 0.2) is 0 Å². The summed E-state index contributed by atoms with van der Waals surface area (Å²) in [6, 6.07) is 0.836. The van der Waals surface area contributed by atoms with Crippen molar-refractivity contribution in [1.29, 1.82) is 0 Å². The van der Waals surface area contributed by atoms with Gasteiger partial charge in [-0.15, -0.1) is 28.7 Å². The fourth-order valence-electron chi connectivity index (χ4n) is 0.263. The SMILES string of the molecule is C=C(C)C[SiH](Cl)Cl. The van der Waals surface area contributed by atoms with Crippen LogP contribution in [-0.4, -0.2) is 7.42 Å². The van der Waals surface area contributed by atoms with Crippen molar-refractivity contribution in [3.63, 3.8) is 0 Å². The lowest BCUT2D eigenvalue weighted by molar-refractivity contribution is 1.40. The van der Waals surface area contributed by atoms with E-state index in [9.17, 15) is 0 Å². The molecule has 0 unspecified atom stereocenters. The van der Waals surface area contributed by atoms with Crippen LogP contribution in [0.15, 0.2) is 12.2 Å². The van der Waals surface area contributed by atoms with Crippen LogP contribution in [0.2, 0.25) is 6.04 Å². The molecule has 0 aromatic heterocycles. The average Bonchev–Trinajstić information content (AvgIpc) is 1.27. The second kappa shape index (κ2) is 3.53. The molecule has 0 aromatic rings. The van der Waals surface area contributed by atoms with Gasteiger partial charge in [-0.2, -0.15) is 0 Å². The lowest BCUT2D eigenvalue weighted by atomic mass is 10.4. The number of rotatable bonds is 2. The number of allylic oxidation sites excluding steroid dienone is 1. The van der Waals surface area contributed by atoms with Gasteiger partial charge in [-0.05, 0) is 13.0 Å². The highest BCUT2D eigenvalue weighted by Crippen LogP contribution is 2.08. The molecule has 42 valence electrons. The zero-order valence-corrected chi connectivity index (χ0v) is 6.91. The zero-order chi connectivity index (χ0) is 5.86. The van der Waals surface area contributed by atoms with Crippen molar-refractivity contribution < 1.29 is 0 Å². The van der Waals surface area contributed by atoms with Gasteiger partial charge in [0.05, 0.1) is 0 Å². The lowest BCUT2D eigenvalue weighted by Crippen LogP contribution is -1.89. The van der Waals surface area contributed by atoms with Crippen molar-refractivity contribution in [2.45, 2.75) is 13.0 Å². The molecule has 0 bridgehead atoms. The van der Waals surface area contributed by atoms with Gasteiger partial charge < -0.3 is 0 Å². The van der Waals surface area contributed by atoms with Crippen molar-refractivity contribution in [2.75, 3.05) is 0 Å². The number of hydrogen-bond donors (Lipinski definition) is 0. The normalized spacial score (nSPS) is 9.71. The summed E-state index contributed by atoms with van der Waals surface area (Å²) in [4.78, 5) is 0. The van der Waals surface area contributed by atoms with E-state index in [-0.39, 0.29) is 0 Å². The van der Waals surface area contributed by atoms with Crippen LogP contribution in [0, 0.1) is 0 Å². The average molecular weight is 155 g/mol. The van der Waals surface area contributed by atoms with Gasteiger partial charge in [0, 0.05) is 0 Å². The molecule has 0 saturated heterocycles. The van der Waals surface area contributed by atoms with Gasteiger partial charge in [0.25, 0.3) is 0 Å². The van der Waals surface area contributed by atoms with Crippen molar-refractivity contribution in [3.05, 3.63) is 12.2 Å². The largest absolute Gasteiger partial charge is 0.240 e. The molecule has 7 heavy (non-hydrogen) atoms. The standard InChI is InChI=1S/C4H8Cl2Si/c1-4(2)3-7(5)6/h7H,1,3H2,2H3. The van der Waals surface area contributed by atoms with Gasteiger partial charge >= 0.3 is 0 Å². The van der Waals surface area contributed by atoms with E-state index in [2.05, 4.69) is 6.58 Å². The Balaban J connectivity index is 3.13. The second-order valence-corrected chi connectivity index (χ2v) is 6.57. The first-order valence-corrected chi connectivity index (χ1v) is 6.36. The Morgan fingerprint density at radius 1 is 1.71 bits per heavy atom. The zero-order valence-electron chi connectivity index (χ0n) is 4.25. The summed E-state index contributed by atoms with van der Waals surface area (Å²) < 4.78 is 0. The van der Waals surface area contributed by atoms with Crippen LogP contribution in [0.5, 0.6) is 0 Å². The van der Waals surface area contributed by atoms with Crippen LogP contribution in [0.25, 0.3) is 0 Å². The van der Waals surface area contributed by atoms with Crippen LogP contribution in [0.3, 0.4) is 0 Å². The van der Waals surface area contributed by atoms with E-state index in [1.807, 2.05) is 6.92 Å². The highest BCUT2D eigenvalue weighted by molar-refractivity contribution is 7.34. The third-order valence-corrected chi connectivity index (χ3v) is 2.43. The van der Waals surface area contributed by atoms with E-state index < -0.39 is 7.42 Å². The first-order valence-electron chi connectivity index (χ1n) is 2.05. The number of hydrogen-bond acceptors (Lipinski definition) is 0. The summed E-state index contributed by atoms with van der Waals surface area (Å²) in [7, 11) is -1.38. The van der Waals surface area contributed by atoms with Crippen LogP contribution >= 0.6 is 22.2 Å². The fourth-order valence-corrected chi connectivity index (χ4v) is 2.37. The molecule has 0 saturated carbocycles. The minimum atomic E-state index is -1.38. The molecular weight excluding hydrogens is 147 g/mol.